The van der Waals surface area contributed by atoms with Crippen molar-refractivity contribution in [3.63, 3.8) is 0 Å². The van der Waals surface area contributed by atoms with Crippen LogP contribution in [0.4, 0.5) is 0 Å². The van der Waals surface area contributed by atoms with E-state index in [9.17, 15) is 0 Å². The minimum atomic E-state index is -0.248. The van der Waals surface area contributed by atoms with Crippen LogP contribution in [0.5, 0.6) is 0 Å². The maximum Gasteiger partial charge on any atom is 0.154 e. The van der Waals surface area contributed by atoms with Crippen LogP contribution in [0.25, 0.3) is 0 Å². The minimum absolute atomic E-state index is 0.248. The highest BCUT2D eigenvalue weighted by atomic mass is 16.6. The van der Waals surface area contributed by atoms with Gasteiger partial charge in [-0.15, -0.1) is 0 Å². The van der Waals surface area contributed by atoms with Gasteiger partial charge in [-0.3, -0.25) is 0 Å². The molecule has 0 amide bonds. The van der Waals surface area contributed by atoms with Gasteiger partial charge in [0.25, 0.3) is 0 Å². The fraction of sp³-hybridized carbons (Fsp3) is 0.556. The van der Waals surface area contributed by atoms with E-state index in [1.54, 1.807) is 12.4 Å². The summed E-state index contributed by atoms with van der Waals surface area (Å²) >= 11 is 0. The summed E-state index contributed by atoms with van der Waals surface area (Å²) in [6.45, 7) is 5.84. The zero-order valence-electron chi connectivity index (χ0n) is 8.48. The summed E-state index contributed by atoms with van der Waals surface area (Å²) in [6, 6.07) is 0. The van der Waals surface area contributed by atoms with Crippen molar-refractivity contribution in [1.82, 2.24) is 9.55 Å². The molecule has 1 heterocycles. The van der Waals surface area contributed by atoms with Crippen molar-refractivity contribution < 1.29 is 4.84 Å². The molecule has 0 saturated heterocycles. The second-order valence-electron chi connectivity index (χ2n) is 3.83. The summed E-state index contributed by atoms with van der Waals surface area (Å²) in [5, 5.41) is 3.84. The molecule has 0 aliphatic rings. The molecule has 0 spiro atoms. The number of imidazole rings is 1. The monoisotopic (exact) mass is 181 g/mol. The maximum atomic E-state index is 5.17. The van der Waals surface area contributed by atoms with E-state index in [2.05, 4.69) is 10.1 Å². The van der Waals surface area contributed by atoms with Crippen molar-refractivity contribution in [2.45, 2.75) is 26.4 Å². The molecule has 1 aromatic rings. The average Bonchev–Trinajstić information content (AvgIpc) is 2.34. The van der Waals surface area contributed by atoms with Gasteiger partial charge in [-0.25, -0.2) is 4.98 Å². The van der Waals surface area contributed by atoms with E-state index in [4.69, 9.17) is 4.84 Å². The maximum absolute atomic E-state index is 5.17. The Kier molecular flexibility index (Phi) is 2.70. The Morgan fingerprint density at radius 3 is 2.69 bits per heavy atom. The van der Waals surface area contributed by atoms with Crippen molar-refractivity contribution in [2.24, 2.45) is 12.2 Å². The van der Waals surface area contributed by atoms with Gasteiger partial charge >= 0.3 is 0 Å². The number of nitrogens with zero attached hydrogens (tertiary/aromatic N) is 3. The molecule has 0 aliphatic carbocycles. The third kappa shape index (κ3) is 3.27. The van der Waals surface area contributed by atoms with E-state index >= 15 is 0 Å². The van der Waals surface area contributed by atoms with Gasteiger partial charge in [0.2, 0.25) is 0 Å². The first-order valence-corrected chi connectivity index (χ1v) is 4.18. The van der Waals surface area contributed by atoms with Gasteiger partial charge in [-0.05, 0) is 20.8 Å². The molecular formula is C9H15N3O. The van der Waals surface area contributed by atoms with Crippen molar-refractivity contribution in [2.75, 3.05) is 0 Å². The first kappa shape index (κ1) is 9.77. The average molecular weight is 181 g/mol. The lowest BCUT2D eigenvalue weighted by molar-refractivity contribution is 0.00191. The lowest BCUT2D eigenvalue weighted by atomic mass is 10.2. The highest BCUT2D eigenvalue weighted by Gasteiger charge is 2.09. The van der Waals surface area contributed by atoms with Crippen LogP contribution in [0.2, 0.25) is 0 Å². The molecule has 0 aliphatic heterocycles. The smallest absolute Gasteiger partial charge is 0.154 e. The number of hydrogen-bond acceptors (Lipinski definition) is 3. The van der Waals surface area contributed by atoms with E-state index in [0.29, 0.717) is 0 Å². The SMILES string of the molecule is Cn1ccnc1/C=N/OC(C)(C)C. The molecule has 1 rings (SSSR count). The number of hydrogen-bond donors (Lipinski definition) is 0. The summed E-state index contributed by atoms with van der Waals surface area (Å²) in [7, 11) is 1.91. The van der Waals surface area contributed by atoms with Crippen LogP contribution in [-0.4, -0.2) is 21.4 Å². The Morgan fingerprint density at radius 2 is 2.23 bits per heavy atom. The molecule has 0 bridgehead atoms. The molecule has 0 atom stereocenters. The standard InChI is InChI=1S/C9H15N3O/c1-9(2,3)13-11-7-8-10-5-6-12(8)4/h5-7H,1-4H3/b11-7+. The van der Waals surface area contributed by atoms with Gasteiger partial charge in [0.1, 0.15) is 11.8 Å². The molecule has 0 aromatic carbocycles. The summed E-state index contributed by atoms with van der Waals surface area (Å²) < 4.78 is 1.87. The van der Waals surface area contributed by atoms with Gasteiger partial charge in [0.05, 0.1) is 0 Å². The molecule has 0 fully saturated rings. The molecule has 0 radical (unpaired) electrons. The molecule has 1 aromatic heterocycles. The Balaban J connectivity index is 2.55. The first-order valence-electron chi connectivity index (χ1n) is 4.18. The summed E-state index contributed by atoms with van der Waals surface area (Å²) in [5.74, 6) is 0.782. The summed E-state index contributed by atoms with van der Waals surface area (Å²) in [4.78, 5) is 9.24. The van der Waals surface area contributed by atoms with E-state index in [-0.39, 0.29) is 5.60 Å². The predicted octanol–water partition coefficient (Wildman–Crippen LogP) is 1.57. The van der Waals surface area contributed by atoms with Crippen LogP contribution in [0.15, 0.2) is 17.5 Å². The lowest BCUT2D eigenvalue weighted by Gasteiger charge is -2.14. The lowest BCUT2D eigenvalue weighted by Crippen LogP contribution is -2.15. The normalized spacial score (nSPS) is 12.3. The van der Waals surface area contributed by atoms with Gasteiger partial charge in [0.15, 0.2) is 5.82 Å². The number of aromatic nitrogens is 2. The quantitative estimate of drug-likeness (QED) is 0.513. The van der Waals surface area contributed by atoms with Crippen molar-refractivity contribution >= 4 is 6.21 Å². The fourth-order valence-corrected chi connectivity index (χ4v) is 0.733. The Morgan fingerprint density at radius 1 is 1.54 bits per heavy atom. The van der Waals surface area contributed by atoms with Crippen molar-refractivity contribution in [1.29, 1.82) is 0 Å². The fourth-order valence-electron chi connectivity index (χ4n) is 0.733. The van der Waals surface area contributed by atoms with Gasteiger partial charge in [0, 0.05) is 19.4 Å². The van der Waals surface area contributed by atoms with Crippen LogP contribution in [0.3, 0.4) is 0 Å². The number of aryl methyl sites for hydroxylation is 1. The highest BCUT2D eigenvalue weighted by Crippen LogP contribution is 2.06. The van der Waals surface area contributed by atoms with E-state index in [1.807, 2.05) is 38.6 Å². The second-order valence-corrected chi connectivity index (χ2v) is 3.83. The van der Waals surface area contributed by atoms with Crippen LogP contribution < -0.4 is 0 Å². The molecule has 4 nitrogen and oxygen atoms in total. The molecule has 4 heteroatoms. The third-order valence-corrected chi connectivity index (χ3v) is 1.35. The van der Waals surface area contributed by atoms with Crippen molar-refractivity contribution in [3.8, 4) is 0 Å². The Labute approximate surface area is 78.2 Å². The van der Waals surface area contributed by atoms with E-state index in [1.165, 1.54) is 0 Å². The Bertz CT molecular complexity index is 296. The van der Waals surface area contributed by atoms with Crippen molar-refractivity contribution in [3.05, 3.63) is 18.2 Å². The van der Waals surface area contributed by atoms with Crippen LogP contribution in [0.1, 0.15) is 26.6 Å². The topological polar surface area (TPSA) is 39.4 Å². The predicted molar refractivity (Wildman–Crippen MR) is 51.6 cm³/mol. The zero-order valence-corrected chi connectivity index (χ0v) is 8.48. The minimum Gasteiger partial charge on any atom is -0.390 e. The molecule has 13 heavy (non-hydrogen) atoms. The van der Waals surface area contributed by atoms with Gasteiger partial charge in [-0.2, -0.15) is 0 Å². The highest BCUT2D eigenvalue weighted by molar-refractivity contribution is 5.74. The zero-order chi connectivity index (χ0) is 9.90. The van der Waals surface area contributed by atoms with Crippen LogP contribution >= 0.6 is 0 Å². The number of oxime groups is 1. The molecule has 0 saturated carbocycles. The first-order chi connectivity index (χ1) is 5.99. The number of rotatable bonds is 2. The van der Waals surface area contributed by atoms with Gasteiger partial charge < -0.3 is 9.40 Å². The molecule has 0 N–H and O–H groups in total. The molecule has 0 unspecified atom stereocenters. The molecule has 72 valence electrons. The van der Waals surface area contributed by atoms with E-state index < -0.39 is 0 Å². The third-order valence-electron chi connectivity index (χ3n) is 1.35. The molecular weight excluding hydrogens is 166 g/mol. The summed E-state index contributed by atoms with van der Waals surface area (Å²) in [6.07, 6.45) is 5.18. The van der Waals surface area contributed by atoms with Crippen LogP contribution in [0, 0.1) is 0 Å². The van der Waals surface area contributed by atoms with Gasteiger partial charge in [-0.1, -0.05) is 5.16 Å². The second kappa shape index (κ2) is 3.60. The van der Waals surface area contributed by atoms with Crippen LogP contribution in [-0.2, 0) is 11.9 Å². The Hall–Kier alpha value is -1.32. The largest absolute Gasteiger partial charge is 0.390 e. The van der Waals surface area contributed by atoms with E-state index in [0.717, 1.165) is 5.82 Å². The summed E-state index contributed by atoms with van der Waals surface area (Å²) in [5.41, 5.74) is -0.248.